The van der Waals surface area contributed by atoms with Crippen LogP contribution in [-0.2, 0) is 15.1 Å². The van der Waals surface area contributed by atoms with Gasteiger partial charge in [-0.3, -0.25) is 4.79 Å². The minimum atomic E-state index is -0.431. The van der Waals surface area contributed by atoms with Crippen LogP contribution in [0.3, 0.4) is 0 Å². The summed E-state index contributed by atoms with van der Waals surface area (Å²) >= 11 is 0. The van der Waals surface area contributed by atoms with Crippen LogP contribution in [0.4, 0.5) is 0 Å². The van der Waals surface area contributed by atoms with Gasteiger partial charge in [0.1, 0.15) is 0 Å². The summed E-state index contributed by atoms with van der Waals surface area (Å²) in [5, 5.41) is 3.38. The van der Waals surface area contributed by atoms with E-state index in [0.29, 0.717) is 0 Å². The molecule has 1 amide bonds. The number of hydrogen-bond acceptors (Lipinski definition) is 3. The molecule has 21 heavy (non-hydrogen) atoms. The first-order chi connectivity index (χ1) is 10.2. The summed E-state index contributed by atoms with van der Waals surface area (Å²) < 4.78 is 6.38. The van der Waals surface area contributed by atoms with Gasteiger partial charge in [0.15, 0.2) is 6.10 Å². The molecule has 1 atom stereocenters. The third kappa shape index (κ3) is 2.36. The summed E-state index contributed by atoms with van der Waals surface area (Å²) in [6.07, 6.45) is 1.44. The van der Waals surface area contributed by atoms with Crippen molar-refractivity contribution in [3.05, 3.63) is 35.4 Å². The fourth-order valence-electron chi connectivity index (χ4n) is 3.60. The molecule has 1 N–H and O–H groups in total. The smallest absolute Gasteiger partial charge is 0.256 e. The van der Waals surface area contributed by atoms with Gasteiger partial charge >= 0.3 is 0 Å². The average Bonchev–Trinajstić information content (AvgIpc) is 2.84. The van der Waals surface area contributed by atoms with Crippen molar-refractivity contribution in [2.75, 3.05) is 26.2 Å². The van der Waals surface area contributed by atoms with Crippen LogP contribution >= 0.6 is 0 Å². The minimum Gasteiger partial charge on any atom is -0.352 e. The van der Waals surface area contributed by atoms with Crippen molar-refractivity contribution in [2.24, 2.45) is 0 Å². The molecule has 0 saturated carbocycles. The second kappa shape index (κ2) is 5.78. The van der Waals surface area contributed by atoms with Crippen molar-refractivity contribution in [1.82, 2.24) is 10.2 Å². The maximum atomic E-state index is 12.8. The fraction of sp³-hybridized carbons (Fsp3) is 0.588. The first-order valence-electron chi connectivity index (χ1n) is 7.98. The molecule has 1 saturated heterocycles. The van der Waals surface area contributed by atoms with E-state index in [1.54, 1.807) is 0 Å². The number of amides is 1. The predicted molar refractivity (Wildman–Crippen MR) is 82.0 cm³/mol. The van der Waals surface area contributed by atoms with Crippen LogP contribution in [0, 0.1) is 0 Å². The molecule has 1 aromatic rings. The standard InChI is InChI=1S/C17H24N2O2/c1-3-19(4-2)16(20)15-13-7-5-6-8-14(13)17(21-15)9-11-18-12-10-17/h5-8,15,18H,3-4,9-12H2,1-2H3. The highest BCUT2D eigenvalue weighted by Gasteiger charge is 2.48. The van der Waals surface area contributed by atoms with Crippen LogP contribution in [-0.4, -0.2) is 37.0 Å². The lowest BCUT2D eigenvalue weighted by atomic mass is 9.84. The molecule has 1 fully saturated rings. The van der Waals surface area contributed by atoms with E-state index in [4.69, 9.17) is 4.74 Å². The zero-order valence-corrected chi connectivity index (χ0v) is 12.9. The Labute approximate surface area is 126 Å². The number of piperidine rings is 1. The summed E-state index contributed by atoms with van der Waals surface area (Å²) in [7, 11) is 0. The van der Waals surface area contributed by atoms with Gasteiger partial charge in [0, 0.05) is 13.1 Å². The molecular weight excluding hydrogens is 264 g/mol. The van der Waals surface area contributed by atoms with Crippen molar-refractivity contribution in [3.63, 3.8) is 0 Å². The number of carbonyl (C=O) groups excluding carboxylic acids is 1. The minimum absolute atomic E-state index is 0.0999. The molecule has 1 unspecified atom stereocenters. The molecule has 1 aromatic carbocycles. The van der Waals surface area contributed by atoms with E-state index in [0.717, 1.165) is 44.6 Å². The molecule has 0 radical (unpaired) electrons. The van der Waals surface area contributed by atoms with Crippen LogP contribution in [0.2, 0.25) is 0 Å². The van der Waals surface area contributed by atoms with Gasteiger partial charge in [0.05, 0.1) is 5.60 Å². The average molecular weight is 288 g/mol. The first-order valence-corrected chi connectivity index (χ1v) is 7.98. The second-order valence-electron chi connectivity index (χ2n) is 5.84. The Bertz CT molecular complexity index is 519. The van der Waals surface area contributed by atoms with Gasteiger partial charge < -0.3 is 15.0 Å². The predicted octanol–water partition coefficient (Wildman–Crippen LogP) is 2.20. The molecule has 2 aliphatic rings. The summed E-state index contributed by atoms with van der Waals surface area (Å²) in [6, 6.07) is 8.25. The topological polar surface area (TPSA) is 41.6 Å². The number of carbonyl (C=O) groups is 1. The first kappa shape index (κ1) is 14.5. The third-order valence-corrected chi connectivity index (χ3v) is 4.79. The highest BCUT2D eigenvalue weighted by Crippen LogP contribution is 2.48. The van der Waals surface area contributed by atoms with E-state index in [1.807, 2.05) is 24.8 Å². The van der Waals surface area contributed by atoms with Crippen LogP contribution in [0.5, 0.6) is 0 Å². The Morgan fingerprint density at radius 3 is 2.62 bits per heavy atom. The number of likely N-dealkylation sites (N-methyl/N-ethyl adjacent to an activating group) is 1. The molecule has 0 bridgehead atoms. The largest absolute Gasteiger partial charge is 0.352 e. The molecule has 2 heterocycles. The van der Waals surface area contributed by atoms with E-state index in [2.05, 4.69) is 23.5 Å². The van der Waals surface area contributed by atoms with Crippen molar-refractivity contribution < 1.29 is 9.53 Å². The normalized spacial score (nSPS) is 23.0. The van der Waals surface area contributed by atoms with E-state index >= 15 is 0 Å². The van der Waals surface area contributed by atoms with Crippen LogP contribution in [0.15, 0.2) is 24.3 Å². The summed E-state index contributed by atoms with van der Waals surface area (Å²) in [5.74, 6) is 0.0999. The molecule has 2 aliphatic heterocycles. The van der Waals surface area contributed by atoms with Crippen molar-refractivity contribution in [3.8, 4) is 0 Å². The van der Waals surface area contributed by atoms with Crippen molar-refractivity contribution in [1.29, 1.82) is 0 Å². The zero-order chi connectivity index (χ0) is 14.9. The lowest BCUT2D eigenvalue weighted by Gasteiger charge is -2.35. The van der Waals surface area contributed by atoms with Gasteiger partial charge in [0.2, 0.25) is 0 Å². The summed E-state index contributed by atoms with van der Waals surface area (Å²) in [4.78, 5) is 14.6. The summed E-state index contributed by atoms with van der Waals surface area (Å²) in [5.41, 5.74) is 2.02. The van der Waals surface area contributed by atoms with Crippen molar-refractivity contribution in [2.45, 2.75) is 38.4 Å². The van der Waals surface area contributed by atoms with Gasteiger partial charge in [0.25, 0.3) is 5.91 Å². The maximum Gasteiger partial charge on any atom is 0.256 e. The Balaban J connectivity index is 1.96. The molecule has 4 nitrogen and oxygen atoms in total. The fourth-order valence-corrected chi connectivity index (χ4v) is 3.60. The lowest BCUT2D eigenvalue weighted by molar-refractivity contribution is -0.157. The quantitative estimate of drug-likeness (QED) is 0.927. The van der Waals surface area contributed by atoms with E-state index in [9.17, 15) is 4.79 Å². The number of ether oxygens (including phenoxy) is 1. The van der Waals surface area contributed by atoms with E-state index < -0.39 is 6.10 Å². The Morgan fingerprint density at radius 2 is 1.95 bits per heavy atom. The number of rotatable bonds is 3. The maximum absolute atomic E-state index is 12.8. The van der Waals surface area contributed by atoms with Crippen LogP contribution < -0.4 is 5.32 Å². The van der Waals surface area contributed by atoms with Gasteiger partial charge in [-0.2, -0.15) is 0 Å². The van der Waals surface area contributed by atoms with Crippen molar-refractivity contribution >= 4 is 5.91 Å². The summed E-state index contributed by atoms with van der Waals surface area (Å²) in [6.45, 7) is 7.38. The highest BCUT2D eigenvalue weighted by atomic mass is 16.5. The SMILES string of the molecule is CCN(CC)C(=O)C1OC2(CCNCC2)c2ccccc21. The number of nitrogens with one attached hydrogen (secondary N) is 1. The number of nitrogens with zero attached hydrogens (tertiary/aromatic N) is 1. The monoisotopic (exact) mass is 288 g/mol. The Hall–Kier alpha value is -1.39. The number of benzene rings is 1. The lowest BCUT2D eigenvalue weighted by Crippen LogP contribution is -2.41. The Morgan fingerprint density at radius 1 is 1.29 bits per heavy atom. The molecule has 3 rings (SSSR count). The second-order valence-corrected chi connectivity index (χ2v) is 5.84. The third-order valence-electron chi connectivity index (χ3n) is 4.79. The number of hydrogen-bond donors (Lipinski definition) is 1. The zero-order valence-electron chi connectivity index (χ0n) is 12.9. The molecule has 1 spiro atoms. The van der Waals surface area contributed by atoms with E-state index in [-0.39, 0.29) is 11.5 Å². The molecular formula is C17H24N2O2. The van der Waals surface area contributed by atoms with E-state index in [1.165, 1.54) is 5.56 Å². The highest BCUT2D eigenvalue weighted by molar-refractivity contribution is 5.83. The van der Waals surface area contributed by atoms with Crippen LogP contribution in [0.25, 0.3) is 0 Å². The molecule has 0 aromatic heterocycles. The van der Waals surface area contributed by atoms with Gasteiger partial charge in [-0.15, -0.1) is 0 Å². The van der Waals surface area contributed by atoms with Gasteiger partial charge in [-0.05, 0) is 50.9 Å². The number of fused-ring (bicyclic) bond motifs is 2. The van der Waals surface area contributed by atoms with Gasteiger partial charge in [-0.25, -0.2) is 0 Å². The molecule has 114 valence electrons. The Kier molecular flexibility index (Phi) is 4.00. The molecule has 0 aliphatic carbocycles. The van der Waals surface area contributed by atoms with Gasteiger partial charge in [-0.1, -0.05) is 24.3 Å². The molecule has 4 heteroatoms. The van der Waals surface area contributed by atoms with Crippen LogP contribution in [0.1, 0.15) is 43.9 Å².